The lowest BCUT2D eigenvalue weighted by Crippen LogP contribution is -2.13. The number of hydrogen-bond donors (Lipinski definition) is 1. The summed E-state index contributed by atoms with van der Waals surface area (Å²) in [7, 11) is 0. The summed E-state index contributed by atoms with van der Waals surface area (Å²) in [5, 5.41) is 3.25. The van der Waals surface area contributed by atoms with E-state index >= 15 is 0 Å². The highest BCUT2D eigenvalue weighted by atomic mass is 16.5. The van der Waals surface area contributed by atoms with E-state index in [2.05, 4.69) is 38.0 Å². The number of nitrogens with one attached hydrogen (secondary N) is 1. The van der Waals surface area contributed by atoms with Gasteiger partial charge in [-0.25, -0.2) is 4.98 Å². The van der Waals surface area contributed by atoms with Crippen LogP contribution in [0.4, 0.5) is 5.82 Å². The van der Waals surface area contributed by atoms with Crippen molar-refractivity contribution in [3.05, 3.63) is 53.7 Å². The van der Waals surface area contributed by atoms with Crippen LogP contribution in [0.3, 0.4) is 0 Å². The average molecular weight is 326 g/mol. The van der Waals surface area contributed by atoms with Crippen molar-refractivity contribution >= 4 is 11.6 Å². The lowest BCUT2D eigenvalue weighted by Gasteiger charge is -2.13. The van der Waals surface area contributed by atoms with Gasteiger partial charge in [0.15, 0.2) is 5.78 Å². The van der Waals surface area contributed by atoms with Crippen LogP contribution >= 0.6 is 0 Å². The van der Waals surface area contributed by atoms with E-state index < -0.39 is 0 Å². The summed E-state index contributed by atoms with van der Waals surface area (Å²) >= 11 is 0. The van der Waals surface area contributed by atoms with Crippen LogP contribution in [0.5, 0.6) is 5.75 Å². The second-order valence-corrected chi connectivity index (χ2v) is 6.74. The molecule has 0 amide bonds. The van der Waals surface area contributed by atoms with Crippen molar-refractivity contribution in [2.24, 2.45) is 11.8 Å². The van der Waals surface area contributed by atoms with Gasteiger partial charge in [-0.3, -0.25) is 4.79 Å². The predicted octanol–water partition coefficient (Wildman–Crippen LogP) is 4.42. The molecule has 0 saturated carbocycles. The molecule has 0 aliphatic heterocycles. The number of aromatic nitrogens is 1. The van der Waals surface area contributed by atoms with E-state index in [1.165, 1.54) is 0 Å². The van der Waals surface area contributed by atoms with E-state index in [0.29, 0.717) is 35.4 Å². The first-order valence-corrected chi connectivity index (χ1v) is 8.43. The van der Waals surface area contributed by atoms with E-state index in [1.807, 2.05) is 18.2 Å². The van der Waals surface area contributed by atoms with Crippen LogP contribution < -0.4 is 10.1 Å². The maximum Gasteiger partial charge on any atom is 0.196 e. The number of carbonyl (C=O) groups is 1. The van der Waals surface area contributed by atoms with Gasteiger partial charge in [0.1, 0.15) is 11.6 Å². The summed E-state index contributed by atoms with van der Waals surface area (Å²) in [5.41, 5.74) is 1.19. The highest BCUT2D eigenvalue weighted by molar-refractivity contribution is 6.12. The number of anilines is 1. The minimum atomic E-state index is -0.0515. The third kappa shape index (κ3) is 5.08. The van der Waals surface area contributed by atoms with Crippen LogP contribution in [0.25, 0.3) is 0 Å². The molecule has 2 rings (SSSR count). The Bertz CT molecular complexity index is 681. The predicted molar refractivity (Wildman–Crippen MR) is 97.8 cm³/mol. The first-order valence-electron chi connectivity index (χ1n) is 8.43. The largest absolute Gasteiger partial charge is 0.493 e. The van der Waals surface area contributed by atoms with Gasteiger partial charge < -0.3 is 10.1 Å². The van der Waals surface area contributed by atoms with E-state index in [1.54, 1.807) is 24.4 Å². The molecule has 0 unspecified atom stereocenters. The lowest BCUT2D eigenvalue weighted by molar-refractivity contribution is 0.103. The molecule has 1 N–H and O–H groups in total. The monoisotopic (exact) mass is 326 g/mol. The molecule has 4 nitrogen and oxygen atoms in total. The standard InChI is InChI=1S/C20H26N2O2/c1-14(2)12-22-20-18(9-6-10-21-20)19(23)16-7-5-8-17(11-16)24-13-15(3)4/h5-11,14-15H,12-13H2,1-4H3,(H,21,22). The van der Waals surface area contributed by atoms with Crippen molar-refractivity contribution in [2.45, 2.75) is 27.7 Å². The highest BCUT2D eigenvalue weighted by Gasteiger charge is 2.15. The number of hydrogen-bond acceptors (Lipinski definition) is 4. The SMILES string of the molecule is CC(C)CNc1ncccc1C(=O)c1cccc(OCC(C)C)c1. The van der Waals surface area contributed by atoms with E-state index in [-0.39, 0.29) is 5.78 Å². The van der Waals surface area contributed by atoms with Gasteiger partial charge >= 0.3 is 0 Å². The van der Waals surface area contributed by atoms with Crippen molar-refractivity contribution in [3.8, 4) is 5.75 Å². The van der Waals surface area contributed by atoms with Crippen LogP contribution in [-0.2, 0) is 0 Å². The molecule has 2 aromatic rings. The van der Waals surface area contributed by atoms with Crippen molar-refractivity contribution in [1.82, 2.24) is 4.98 Å². The molecule has 24 heavy (non-hydrogen) atoms. The molecule has 0 radical (unpaired) electrons. The van der Waals surface area contributed by atoms with Gasteiger partial charge in [0.25, 0.3) is 0 Å². The zero-order valence-electron chi connectivity index (χ0n) is 14.9. The van der Waals surface area contributed by atoms with Gasteiger partial charge in [-0.2, -0.15) is 0 Å². The molecular weight excluding hydrogens is 300 g/mol. The summed E-state index contributed by atoms with van der Waals surface area (Å²) in [6.07, 6.45) is 1.70. The Labute approximate surface area is 144 Å². The highest BCUT2D eigenvalue weighted by Crippen LogP contribution is 2.21. The third-order valence-electron chi connectivity index (χ3n) is 3.41. The Morgan fingerprint density at radius 2 is 1.92 bits per heavy atom. The molecule has 0 saturated heterocycles. The molecule has 128 valence electrons. The molecule has 1 aromatic heterocycles. The smallest absolute Gasteiger partial charge is 0.196 e. The Hall–Kier alpha value is -2.36. The summed E-state index contributed by atoms with van der Waals surface area (Å²) in [6, 6.07) is 10.9. The van der Waals surface area contributed by atoms with E-state index in [9.17, 15) is 4.79 Å². The number of rotatable bonds is 8. The number of ketones is 1. The molecule has 0 fully saturated rings. The summed E-state index contributed by atoms with van der Waals surface area (Å²) in [4.78, 5) is 17.2. The van der Waals surface area contributed by atoms with Crippen LogP contribution in [0, 0.1) is 11.8 Å². The van der Waals surface area contributed by atoms with Crippen molar-refractivity contribution in [1.29, 1.82) is 0 Å². The minimum absolute atomic E-state index is 0.0515. The number of benzene rings is 1. The fourth-order valence-corrected chi connectivity index (χ4v) is 2.18. The Balaban J connectivity index is 2.21. The normalized spacial score (nSPS) is 10.9. The quantitative estimate of drug-likeness (QED) is 0.730. The van der Waals surface area contributed by atoms with Gasteiger partial charge in [0.2, 0.25) is 0 Å². The number of carbonyl (C=O) groups excluding carboxylic acids is 1. The number of ether oxygens (including phenoxy) is 1. The first-order chi connectivity index (χ1) is 11.5. The molecule has 0 atom stereocenters. The van der Waals surface area contributed by atoms with E-state index in [0.717, 1.165) is 12.3 Å². The molecule has 1 aromatic carbocycles. The molecule has 0 spiro atoms. The second-order valence-electron chi connectivity index (χ2n) is 6.74. The maximum absolute atomic E-state index is 12.9. The average Bonchev–Trinajstić information content (AvgIpc) is 2.58. The fourth-order valence-electron chi connectivity index (χ4n) is 2.18. The topological polar surface area (TPSA) is 51.2 Å². The van der Waals surface area contributed by atoms with Gasteiger partial charge in [-0.1, -0.05) is 39.8 Å². The third-order valence-corrected chi connectivity index (χ3v) is 3.41. The van der Waals surface area contributed by atoms with Gasteiger partial charge in [-0.15, -0.1) is 0 Å². The Morgan fingerprint density at radius 3 is 2.62 bits per heavy atom. The Morgan fingerprint density at radius 1 is 1.12 bits per heavy atom. The zero-order chi connectivity index (χ0) is 17.5. The zero-order valence-corrected chi connectivity index (χ0v) is 14.9. The van der Waals surface area contributed by atoms with Crippen LogP contribution in [0.2, 0.25) is 0 Å². The van der Waals surface area contributed by atoms with Crippen molar-refractivity contribution < 1.29 is 9.53 Å². The summed E-state index contributed by atoms with van der Waals surface area (Å²) in [6.45, 7) is 9.83. The molecular formula is C20H26N2O2. The van der Waals surface area contributed by atoms with Crippen molar-refractivity contribution in [3.63, 3.8) is 0 Å². The summed E-state index contributed by atoms with van der Waals surface area (Å²) in [5.74, 6) is 2.21. The van der Waals surface area contributed by atoms with Crippen molar-refractivity contribution in [2.75, 3.05) is 18.5 Å². The van der Waals surface area contributed by atoms with Crippen LogP contribution in [0.15, 0.2) is 42.6 Å². The van der Waals surface area contributed by atoms with E-state index in [4.69, 9.17) is 4.74 Å². The van der Waals surface area contributed by atoms with Gasteiger partial charge in [0, 0.05) is 18.3 Å². The van der Waals surface area contributed by atoms with Gasteiger partial charge in [-0.05, 0) is 36.1 Å². The summed E-state index contributed by atoms with van der Waals surface area (Å²) < 4.78 is 5.72. The van der Waals surface area contributed by atoms with Crippen LogP contribution in [0.1, 0.15) is 43.6 Å². The molecule has 1 heterocycles. The Kier molecular flexibility index (Phi) is 6.36. The second kappa shape index (κ2) is 8.48. The number of nitrogens with zero attached hydrogens (tertiary/aromatic N) is 1. The first kappa shape index (κ1) is 18.0. The minimum Gasteiger partial charge on any atom is -0.493 e. The fraction of sp³-hybridized carbons (Fsp3) is 0.400. The maximum atomic E-state index is 12.9. The molecule has 0 aliphatic carbocycles. The van der Waals surface area contributed by atoms with Gasteiger partial charge in [0.05, 0.1) is 12.2 Å². The molecule has 0 aliphatic rings. The number of pyridine rings is 1. The molecule has 0 bridgehead atoms. The lowest BCUT2D eigenvalue weighted by atomic mass is 10.0. The molecule has 4 heteroatoms. The van der Waals surface area contributed by atoms with Crippen LogP contribution in [-0.4, -0.2) is 23.9 Å².